The highest BCUT2D eigenvalue weighted by Gasteiger charge is 2.26. The first-order valence-corrected chi connectivity index (χ1v) is 11.3. The maximum Gasteiger partial charge on any atom is 0.407 e. The van der Waals surface area contributed by atoms with Crippen LogP contribution in [0.15, 0.2) is 36.7 Å². The van der Waals surface area contributed by atoms with Gasteiger partial charge in [0, 0.05) is 42.8 Å². The third-order valence-corrected chi connectivity index (χ3v) is 5.84. The molecule has 0 radical (unpaired) electrons. The molecule has 1 aliphatic rings. The van der Waals surface area contributed by atoms with Gasteiger partial charge < -0.3 is 29.2 Å². The largest absolute Gasteiger partial charge is 0.495 e. The van der Waals surface area contributed by atoms with Crippen molar-refractivity contribution in [1.82, 2.24) is 14.7 Å². The molecule has 1 atom stereocenters. The monoisotopic (exact) mass is 472 g/mol. The zero-order valence-corrected chi connectivity index (χ0v) is 20.0. The molecule has 33 heavy (non-hydrogen) atoms. The SMILES string of the molecule is COc1cc(CO)c(-c2cn3ccc(N4CC[C@H](NC(=O)OC(C)(C)C)C4)cc3n2)cc1Cl. The summed E-state index contributed by atoms with van der Waals surface area (Å²) in [7, 11) is 1.54. The summed E-state index contributed by atoms with van der Waals surface area (Å²) in [6.07, 6.45) is 4.32. The first kappa shape index (κ1) is 23.2. The van der Waals surface area contributed by atoms with E-state index in [1.807, 2.05) is 49.7 Å². The van der Waals surface area contributed by atoms with Crippen LogP contribution >= 0.6 is 11.6 Å². The van der Waals surface area contributed by atoms with Gasteiger partial charge in [-0.3, -0.25) is 0 Å². The third-order valence-electron chi connectivity index (χ3n) is 5.54. The molecule has 9 heteroatoms. The van der Waals surface area contributed by atoms with Crippen LogP contribution in [0.4, 0.5) is 10.5 Å². The molecule has 1 aromatic carbocycles. The molecule has 0 bridgehead atoms. The third kappa shape index (κ3) is 5.17. The molecule has 1 saturated heterocycles. The molecule has 1 amide bonds. The van der Waals surface area contributed by atoms with E-state index in [1.54, 1.807) is 19.2 Å². The molecule has 4 rings (SSSR count). The Bertz CT molecular complexity index is 1170. The molecule has 2 aromatic heterocycles. The predicted molar refractivity (Wildman–Crippen MR) is 128 cm³/mol. The Morgan fingerprint density at radius 3 is 2.82 bits per heavy atom. The second-order valence-electron chi connectivity index (χ2n) is 9.16. The Morgan fingerprint density at radius 1 is 1.33 bits per heavy atom. The number of amides is 1. The van der Waals surface area contributed by atoms with E-state index in [9.17, 15) is 9.90 Å². The number of ether oxygens (including phenoxy) is 2. The molecular weight excluding hydrogens is 444 g/mol. The minimum absolute atomic E-state index is 0.0277. The first-order valence-electron chi connectivity index (χ1n) is 10.9. The van der Waals surface area contributed by atoms with Gasteiger partial charge in [-0.2, -0.15) is 0 Å². The van der Waals surface area contributed by atoms with Crippen molar-refractivity contribution in [2.75, 3.05) is 25.1 Å². The highest BCUT2D eigenvalue weighted by molar-refractivity contribution is 6.32. The van der Waals surface area contributed by atoms with Crippen molar-refractivity contribution in [3.63, 3.8) is 0 Å². The molecule has 3 heterocycles. The number of imidazole rings is 1. The summed E-state index contributed by atoms with van der Waals surface area (Å²) in [5, 5.41) is 13.2. The van der Waals surface area contributed by atoms with Gasteiger partial charge in [0.1, 0.15) is 17.0 Å². The van der Waals surface area contributed by atoms with Crippen molar-refractivity contribution in [2.45, 2.75) is 45.4 Å². The van der Waals surface area contributed by atoms with Crippen LogP contribution in [0.1, 0.15) is 32.8 Å². The molecule has 0 spiro atoms. The van der Waals surface area contributed by atoms with Crippen molar-refractivity contribution in [3.8, 4) is 17.0 Å². The zero-order valence-electron chi connectivity index (χ0n) is 19.3. The molecule has 176 valence electrons. The highest BCUT2D eigenvalue weighted by atomic mass is 35.5. The lowest BCUT2D eigenvalue weighted by Gasteiger charge is -2.22. The van der Waals surface area contributed by atoms with Crippen LogP contribution < -0.4 is 15.0 Å². The number of alkyl carbamates (subject to hydrolysis) is 1. The number of hydrogen-bond donors (Lipinski definition) is 2. The van der Waals surface area contributed by atoms with Gasteiger partial charge >= 0.3 is 6.09 Å². The molecular formula is C24H29ClN4O4. The molecule has 1 fully saturated rings. The number of nitrogens with one attached hydrogen (secondary N) is 1. The van der Waals surface area contributed by atoms with E-state index >= 15 is 0 Å². The Labute approximate surface area is 198 Å². The maximum atomic E-state index is 12.1. The molecule has 1 aliphatic heterocycles. The zero-order chi connectivity index (χ0) is 23.8. The molecule has 0 aliphatic carbocycles. The smallest absolute Gasteiger partial charge is 0.407 e. The average Bonchev–Trinajstić information content (AvgIpc) is 3.38. The number of aliphatic hydroxyl groups is 1. The van der Waals surface area contributed by atoms with Crippen molar-refractivity contribution in [2.24, 2.45) is 0 Å². The number of pyridine rings is 1. The second-order valence-corrected chi connectivity index (χ2v) is 9.56. The molecule has 3 aromatic rings. The number of nitrogens with zero attached hydrogens (tertiary/aromatic N) is 3. The number of aliphatic hydroxyl groups excluding tert-OH is 1. The van der Waals surface area contributed by atoms with Crippen LogP contribution in [-0.4, -0.2) is 52.4 Å². The van der Waals surface area contributed by atoms with E-state index in [0.29, 0.717) is 28.6 Å². The topological polar surface area (TPSA) is 88.3 Å². The summed E-state index contributed by atoms with van der Waals surface area (Å²) >= 11 is 6.32. The number of carbonyl (C=O) groups is 1. The minimum atomic E-state index is -0.518. The van der Waals surface area contributed by atoms with Gasteiger partial charge in [-0.25, -0.2) is 9.78 Å². The number of benzene rings is 1. The van der Waals surface area contributed by atoms with Crippen molar-refractivity contribution in [1.29, 1.82) is 0 Å². The fraction of sp³-hybridized carbons (Fsp3) is 0.417. The van der Waals surface area contributed by atoms with E-state index in [-0.39, 0.29) is 18.7 Å². The van der Waals surface area contributed by atoms with Gasteiger partial charge in [-0.15, -0.1) is 0 Å². The minimum Gasteiger partial charge on any atom is -0.495 e. The Morgan fingerprint density at radius 2 is 2.12 bits per heavy atom. The summed E-state index contributed by atoms with van der Waals surface area (Å²) in [6, 6.07) is 7.57. The summed E-state index contributed by atoms with van der Waals surface area (Å²) in [4.78, 5) is 19.1. The maximum absolute atomic E-state index is 12.1. The number of halogens is 1. The van der Waals surface area contributed by atoms with E-state index < -0.39 is 5.60 Å². The number of aromatic nitrogens is 2. The predicted octanol–water partition coefficient (Wildman–Crippen LogP) is 4.26. The van der Waals surface area contributed by atoms with Gasteiger partial charge in [0.05, 0.1) is 30.5 Å². The Hall–Kier alpha value is -2.97. The number of methoxy groups -OCH3 is 1. The fourth-order valence-electron chi connectivity index (χ4n) is 4.01. The van der Waals surface area contributed by atoms with Crippen LogP contribution in [0.3, 0.4) is 0 Å². The number of rotatable bonds is 5. The van der Waals surface area contributed by atoms with E-state index in [1.165, 1.54) is 0 Å². The number of fused-ring (bicyclic) bond motifs is 1. The average molecular weight is 473 g/mol. The van der Waals surface area contributed by atoms with E-state index in [0.717, 1.165) is 29.9 Å². The van der Waals surface area contributed by atoms with Crippen molar-refractivity contribution < 1.29 is 19.4 Å². The van der Waals surface area contributed by atoms with E-state index in [2.05, 4.69) is 10.2 Å². The summed E-state index contributed by atoms with van der Waals surface area (Å²) in [6.45, 7) is 6.93. The highest BCUT2D eigenvalue weighted by Crippen LogP contribution is 2.34. The summed E-state index contributed by atoms with van der Waals surface area (Å²) < 4.78 is 12.6. The molecule has 0 unspecified atom stereocenters. The van der Waals surface area contributed by atoms with Crippen molar-refractivity contribution >= 4 is 29.0 Å². The lowest BCUT2D eigenvalue weighted by Crippen LogP contribution is -2.40. The summed E-state index contributed by atoms with van der Waals surface area (Å²) in [5.41, 5.74) is 3.46. The van der Waals surface area contributed by atoms with Crippen LogP contribution in [0.25, 0.3) is 16.9 Å². The van der Waals surface area contributed by atoms with Crippen LogP contribution in [-0.2, 0) is 11.3 Å². The van der Waals surface area contributed by atoms with Gasteiger partial charge in [-0.05, 0) is 51.0 Å². The first-order chi connectivity index (χ1) is 15.7. The quantitative estimate of drug-likeness (QED) is 0.577. The van der Waals surface area contributed by atoms with Crippen LogP contribution in [0.2, 0.25) is 5.02 Å². The van der Waals surface area contributed by atoms with Gasteiger partial charge in [-0.1, -0.05) is 11.6 Å². The second kappa shape index (κ2) is 9.11. The van der Waals surface area contributed by atoms with Gasteiger partial charge in [0.15, 0.2) is 0 Å². The summed E-state index contributed by atoms with van der Waals surface area (Å²) in [5.74, 6) is 0.513. The lowest BCUT2D eigenvalue weighted by atomic mass is 10.1. The van der Waals surface area contributed by atoms with Crippen molar-refractivity contribution in [3.05, 3.63) is 47.2 Å². The normalized spacial score (nSPS) is 16.3. The standard InChI is InChI=1S/C24H29ClN4O4/c1-24(2,3)33-23(31)26-16-5-7-28(12-16)17-6-8-29-13-20(27-22(29)10-17)18-11-19(25)21(32-4)9-15(18)14-30/h6,8-11,13,16,30H,5,7,12,14H2,1-4H3,(H,26,31)/t16-/m0/s1. The number of anilines is 1. The van der Waals surface area contributed by atoms with Gasteiger partial charge in [0.25, 0.3) is 0 Å². The lowest BCUT2D eigenvalue weighted by molar-refractivity contribution is 0.0509. The molecule has 0 saturated carbocycles. The Balaban J connectivity index is 1.53. The molecule has 8 nitrogen and oxygen atoms in total. The Kier molecular flexibility index (Phi) is 6.41. The molecule has 2 N–H and O–H groups in total. The van der Waals surface area contributed by atoms with Gasteiger partial charge in [0.2, 0.25) is 0 Å². The number of carbonyl (C=O) groups excluding carboxylic acids is 1. The fourth-order valence-corrected chi connectivity index (χ4v) is 4.25. The van der Waals surface area contributed by atoms with Crippen LogP contribution in [0, 0.1) is 0 Å². The number of hydrogen-bond acceptors (Lipinski definition) is 6. The van der Waals surface area contributed by atoms with Crippen LogP contribution in [0.5, 0.6) is 5.75 Å². The van der Waals surface area contributed by atoms with E-state index in [4.69, 9.17) is 26.1 Å².